The first-order chi connectivity index (χ1) is 11.2. The van der Waals surface area contributed by atoms with Crippen LogP contribution in [0, 0.1) is 11.8 Å². The summed E-state index contributed by atoms with van der Waals surface area (Å²) in [6.45, 7) is 7.97. The van der Waals surface area contributed by atoms with E-state index in [0.29, 0.717) is 23.8 Å². The molecule has 0 saturated carbocycles. The summed E-state index contributed by atoms with van der Waals surface area (Å²) in [5.74, 6) is 2.23. The van der Waals surface area contributed by atoms with Crippen molar-refractivity contribution in [1.29, 1.82) is 0 Å². The monoisotopic (exact) mass is 319 g/mol. The van der Waals surface area contributed by atoms with Gasteiger partial charge in [0.1, 0.15) is 12.0 Å². The molecule has 2 saturated heterocycles. The van der Waals surface area contributed by atoms with Crippen molar-refractivity contribution in [2.75, 3.05) is 32.7 Å². The fourth-order valence-electron chi connectivity index (χ4n) is 3.79. The van der Waals surface area contributed by atoms with Crippen LogP contribution < -0.4 is 5.73 Å². The maximum atomic E-state index is 12.6. The Morgan fingerprint density at radius 3 is 2.78 bits per heavy atom. The zero-order valence-corrected chi connectivity index (χ0v) is 14.2. The van der Waals surface area contributed by atoms with E-state index in [4.69, 9.17) is 10.2 Å². The smallest absolute Gasteiger partial charge is 0.257 e. The summed E-state index contributed by atoms with van der Waals surface area (Å²) in [5, 5.41) is 0. The van der Waals surface area contributed by atoms with Crippen LogP contribution in [0.5, 0.6) is 0 Å². The van der Waals surface area contributed by atoms with Gasteiger partial charge in [0.25, 0.3) is 5.91 Å². The highest BCUT2D eigenvalue weighted by Gasteiger charge is 2.27. The Labute approximate surface area is 138 Å². The third-order valence-electron chi connectivity index (χ3n) is 5.30. The van der Waals surface area contributed by atoms with Gasteiger partial charge >= 0.3 is 0 Å². The second-order valence-corrected chi connectivity index (χ2v) is 7.25. The summed E-state index contributed by atoms with van der Waals surface area (Å²) in [7, 11) is 0. The molecule has 1 unspecified atom stereocenters. The van der Waals surface area contributed by atoms with E-state index in [-0.39, 0.29) is 5.91 Å². The van der Waals surface area contributed by atoms with Crippen LogP contribution in [0.15, 0.2) is 16.7 Å². The number of amides is 1. The Hall–Kier alpha value is -1.33. The first-order valence-electron chi connectivity index (χ1n) is 8.95. The maximum absolute atomic E-state index is 12.6. The van der Waals surface area contributed by atoms with Crippen molar-refractivity contribution < 1.29 is 9.21 Å². The quantitative estimate of drug-likeness (QED) is 0.925. The molecule has 2 aliphatic rings. The number of likely N-dealkylation sites (tertiary alicyclic amines) is 2. The molecule has 5 heteroatoms. The average molecular weight is 319 g/mol. The van der Waals surface area contributed by atoms with Crippen LogP contribution >= 0.6 is 0 Å². The first kappa shape index (κ1) is 16.5. The summed E-state index contributed by atoms with van der Waals surface area (Å²) in [5.41, 5.74) is 6.19. The Bertz CT molecular complexity index is 520. The van der Waals surface area contributed by atoms with Crippen LogP contribution in [0.4, 0.5) is 0 Å². The lowest BCUT2D eigenvalue weighted by molar-refractivity contribution is 0.0621. The van der Waals surface area contributed by atoms with Crippen LogP contribution in [0.1, 0.15) is 48.7 Å². The molecule has 0 spiro atoms. The molecular formula is C18H29N3O2. The van der Waals surface area contributed by atoms with Gasteiger partial charge in [0.15, 0.2) is 0 Å². The van der Waals surface area contributed by atoms with Gasteiger partial charge in [0.2, 0.25) is 0 Å². The summed E-state index contributed by atoms with van der Waals surface area (Å²) in [4.78, 5) is 17.2. The molecule has 2 fully saturated rings. The third-order valence-corrected chi connectivity index (χ3v) is 5.30. The van der Waals surface area contributed by atoms with Gasteiger partial charge in [0.05, 0.1) is 12.1 Å². The molecule has 0 aliphatic carbocycles. The van der Waals surface area contributed by atoms with Gasteiger partial charge in [-0.05, 0) is 56.7 Å². The van der Waals surface area contributed by atoms with Crippen molar-refractivity contribution in [1.82, 2.24) is 9.80 Å². The van der Waals surface area contributed by atoms with Crippen molar-refractivity contribution in [2.45, 2.75) is 39.2 Å². The first-order valence-corrected chi connectivity index (χ1v) is 8.95. The highest BCUT2D eigenvalue weighted by Crippen LogP contribution is 2.23. The van der Waals surface area contributed by atoms with E-state index >= 15 is 0 Å². The van der Waals surface area contributed by atoms with Gasteiger partial charge in [-0.2, -0.15) is 0 Å². The predicted molar refractivity (Wildman–Crippen MR) is 90.1 cm³/mol. The molecule has 0 bridgehead atoms. The molecule has 3 heterocycles. The number of carbonyl (C=O) groups is 1. The third kappa shape index (κ3) is 4.15. The molecule has 1 atom stereocenters. The zero-order valence-electron chi connectivity index (χ0n) is 14.2. The van der Waals surface area contributed by atoms with E-state index in [9.17, 15) is 4.79 Å². The summed E-state index contributed by atoms with van der Waals surface area (Å²) in [6, 6.07) is 1.78. The van der Waals surface area contributed by atoms with Crippen LogP contribution in [0.2, 0.25) is 0 Å². The topological polar surface area (TPSA) is 62.7 Å². The fourth-order valence-corrected chi connectivity index (χ4v) is 3.79. The van der Waals surface area contributed by atoms with E-state index in [2.05, 4.69) is 11.8 Å². The molecule has 1 aromatic rings. The second kappa shape index (κ2) is 7.49. The summed E-state index contributed by atoms with van der Waals surface area (Å²) in [6.07, 6.45) is 6.50. The molecular weight excluding hydrogens is 290 g/mol. The largest absolute Gasteiger partial charge is 0.467 e. The minimum Gasteiger partial charge on any atom is -0.467 e. The van der Waals surface area contributed by atoms with Gasteiger partial charge in [-0.25, -0.2) is 0 Å². The van der Waals surface area contributed by atoms with E-state index in [0.717, 1.165) is 32.0 Å². The normalized spacial score (nSPS) is 24.1. The lowest BCUT2D eigenvalue weighted by Crippen LogP contribution is -2.45. The number of furan rings is 1. The van der Waals surface area contributed by atoms with Crippen LogP contribution in [-0.4, -0.2) is 48.4 Å². The summed E-state index contributed by atoms with van der Waals surface area (Å²) >= 11 is 0. The van der Waals surface area contributed by atoms with Gasteiger partial charge in [-0.15, -0.1) is 0 Å². The molecule has 0 aromatic carbocycles. The van der Waals surface area contributed by atoms with Crippen LogP contribution in [-0.2, 0) is 6.54 Å². The molecule has 2 aliphatic heterocycles. The van der Waals surface area contributed by atoms with Crippen molar-refractivity contribution in [3.05, 3.63) is 23.7 Å². The number of hydrogen-bond acceptors (Lipinski definition) is 4. The number of piperidine rings is 2. The van der Waals surface area contributed by atoms with E-state index in [1.54, 1.807) is 12.3 Å². The van der Waals surface area contributed by atoms with Crippen LogP contribution in [0.25, 0.3) is 0 Å². The molecule has 1 amide bonds. The van der Waals surface area contributed by atoms with E-state index < -0.39 is 0 Å². The van der Waals surface area contributed by atoms with Crippen molar-refractivity contribution in [2.24, 2.45) is 17.6 Å². The van der Waals surface area contributed by atoms with Crippen molar-refractivity contribution in [3.63, 3.8) is 0 Å². The van der Waals surface area contributed by atoms with Crippen LogP contribution in [0.3, 0.4) is 0 Å². The van der Waals surface area contributed by atoms with E-state index in [1.807, 2.05) is 4.90 Å². The minimum absolute atomic E-state index is 0.0883. The Kier molecular flexibility index (Phi) is 5.38. The molecule has 5 nitrogen and oxygen atoms in total. The molecule has 2 N–H and O–H groups in total. The second-order valence-electron chi connectivity index (χ2n) is 7.25. The number of nitrogens with two attached hydrogens (primary N) is 1. The van der Waals surface area contributed by atoms with Gasteiger partial charge in [0, 0.05) is 19.6 Å². The minimum atomic E-state index is 0.0883. The maximum Gasteiger partial charge on any atom is 0.257 e. The van der Waals surface area contributed by atoms with Crippen molar-refractivity contribution in [3.8, 4) is 0 Å². The fraction of sp³-hybridized carbons (Fsp3) is 0.722. The highest BCUT2D eigenvalue weighted by molar-refractivity contribution is 5.94. The van der Waals surface area contributed by atoms with Gasteiger partial charge < -0.3 is 20.0 Å². The summed E-state index contributed by atoms with van der Waals surface area (Å²) < 4.78 is 5.30. The number of nitrogens with zero attached hydrogens (tertiary/aromatic N) is 2. The molecule has 23 heavy (non-hydrogen) atoms. The van der Waals surface area contributed by atoms with Crippen molar-refractivity contribution >= 4 is 5.91 Å². The Balaban J connectivity index is 1.54. The van der Waals surface area contributed by atoms with Gasteiger partial charge in [-0.3, -0.25) is 4.79 Å². The van der Waals surface area contributed by atoms with Gasteiger partial charge in [-0.1, -0.05) is 6.92 Å². The Morgan fingerprint density at radius 2 is 2.09 bits per heavy atom. The SMILES string of the molecule is CC1CCN(CC2CCCN(C(=O)c3coc(CN)c3)C2)CC1. The number of rotatable bonds is 4. The predicted octanol–water partition coefficient (Wildman–Crippen LogP) is 2.32. The molecule has 3 rings (SSSR count). The Morgan fingerprint density at radius 1 is 1.30 bits per heavy atom. The van der Waals surface area contributed by atoms with E-state index in [1.165, 1.54) is 32.4 Å². The number of hydrogen-bond donors (Lipinski definition) is 1. The zero-order chi connectivity index (χ0) is 16.2. The number of carbonyl (C=O) groups excluding carboxylic acids is 1. The highest BCUT2D eigenvalue weighted by atomic mass is 16.3. The average Bonchev–Trinajstić information content (AvgIpc) is 3.06. The molecule has 0 radical (unpaired) electrons. The standard InChI is InChI=1S/C18H29N3O2/c1-14-4-7-20(8-5-14)11-15-3-2-6-21(12-15)18(22)16-9-17(10-19)23-13-16/h9,13-15H,2-8,10-12,19H2,1H3. The lowest BCUT2D eigenvalue weighted by atomic mass is 9.94. The molecule has 1 aromatic heterocycles. The molecule has 128 valence electrons. The lowest BCUT2D eigenvalue weighted by Gasteiger charge is -2.37.